The van der Waals surface area contributed by atoms with Crippen molar-refractivity contribution in [1.29, 1.82) is 0 Å². The lowest BCUT2D eigenvalue weighted by Gasteiger charge is -2.71. The summed E-state index contributed by atoms with van der Waals surface area (Å²) in [4.78, 5) is 16.3. The summed E-state index contributed by atoms with van der Waals surface area (Å²) in [5.41, 5.74) is -2.49. The molecule has 0 aromatic rings. The van der Waals surface area contributed by atoms with E-state index in [9.17, 15) is 15.0 Å². The van der Waals surface area contributed by atoms with Gasteiger partial charge in [0, 0.05) is 41.2 Å². The first-order valence-corrected chi connectivity index (χ1v) is 11.1. The quantitative estimate of drug-likeness (QED) is 0.676. The van der Waals surface area contributed by atoms with Crippen LogP contribution < -0.4 is 0 Å². The molecule has 5 nitrogen and oxygen atoms in total. The summed E-state index contributed by atoms with van der Waals surface area (Å²) >= 11 is 0. The number of hydrogen-bond acceptors (Lipinski definition) is 5. The van der Waals surface area contributed by atoms with Gasteiger partial charge in [-0.15, -0.1) is 0 Å². The van der Waals surface area contributed by atoms with E-state index in [1.165, 1.54) is 0 Å². The van der Waals surface area contributed by atoms with Crippen molar-refractivity contribution < 1.29 is 19.7 Å². The average Bonchev–Trinajstić information content (AvgIpc) is 3.05. The van der Waals surface area contributed by atoms with Gasteiger partial charge in [-0.05, 0) is 50.9 Å². The Morgan fingerprint density at radius 1 is 1.22 bits per heavy atom. The Balaban J connectivity index is 1.55. The Kier molecular flexibility index (Phi) is 2.53. The van der Waals surface area contributed by atoms with Gasteiger partial charge in [-0.2, -0.15) is 0 Å². The Morgan fingerprint density at radius 3 is 2.85 bits per heavy atom. The molecule has 10 atom stereocenters. The van der Waals surface area contributed by atoms with Crippen molar-refractivity contribution in [3.05, 3.63) is 0 Å². The minimum absolute atomic E-state index is 0.0296. The van der Waals surface area contributed by atoms with E-state index in [2.05, 4.69) is 11.8 Å². The van der Waals surface area contributed by atoms with Crippen LogP contribution in [0.3, 0.4) is 0 Å². The molecule has 2 heterocycles. The third-order valence-corrected chi connectivity index (χ3v) is 11.0. The molecule has 2 saturated heterocycles. The van der Waals surface area contributed by atoms with E-state index in [0.29, 0.717) is 31.0 Å². The van der Waals surface area contributed by atoms with E-state index >= 15 is 0 Å². The monoisotopic (exact) mass is 373 g/mol. The highest BCUT2D eigenvalue weighted by Crippen LogP contribution is 2.84. The summed E-state index contributed by atoms with van der Waals surface area (Å²) in [5, 5.41) is 23.7. The van der Waals surface area contributed by atoms with Crippen LogP contribution >= 0.6 is 0 Å². The largest absolute Gasteiger partial charge is 0.390 e. The predicted octanol–water partition coefficient (Wildman–Crippen LogP) is 1.70. The summed E-state index contributed by atoms with van der Waals surface area (Å²) in [5.74, 6) is 0.759. The maximum atomic E-state index is 13.8. The summed E-state index contributed by atoms with van der Waals surface area (Å²) in [6, 6.07) is 0.251. The van der Waals surface area contributed by atoms with Crippen molar-refractivity contribution in [3.8, 4) is 0 Å². The number of rotatable bonds is 0. The first-order chi connectivity index (χ1) is 12.7. The highest BCUT2D eigenvalue weighted by Gasteiger charge is 2.90. The van der Waals surface area contributed by atoms with Gasteiger partial charge in [-0.1, -0.05) is 13.3 Å². The van der Waals surface area contributed by atoms with Crippen LogP contribution in [0.15, 0.2) is 0 Å². The number of ketones is 1. The van der Waals surface area contributed by atoms with Crippen LogP contribution in [0.1, 0.15) is 58.8 Å². The summed E-state index contributed by atoms with van der Waals surface area (Å²) < 4.78 is 6.29. The maximum absolute atomic E-state index is 13.8. The Hall–Kier alpha value is -0.490. The molecule has 8 fully saturated rings. The molecule has 2 aliphatic heterocycles. The van der Waals surface area contributed by atoms with Gasteiger partial charge < -0.3 is 14.9 Å². The lowest BCUT2D eigenvalue weighted by molar-refractivity contribution is -0.302. The standard InChI is InChI=1S/C22H31NO4/c1-18-4-3-5-21-15(18)14(24)10-20-11-19(2,25)12(9-22(20,21)26)8-13(20)16(21)23-6-7-27-17(18)23/h12-13,15-17,25-26H,3-11H2,1-2H3/t12-,13+,15+,16-,17-,18+,19+,20+,21-,22-/m1/s1. The second kappa shape index (κ2) is 4.19. The number of piperidine rings is 1. The fourth-order valence-corrected chi connectivity index (χ4v) is 10.6. The van der Waals surface area contributed by atoms with Crippen LogP contribution in [0.2, 0.25) is 0 Å². The highest BCUT2D eigenvalue weighted by molar-refractivity contribution is 5.87. The number of nitrogens with zero attached hydrogens (tertiary/aromatic N) is 1. The van der Waals surface area contributed by atoms with Gasteiger partial charge in [0.2, 0.25) is 0 Å². The smallest absolute Gasteiger partial charge is 0.138 e. The molecule has 27 heavy (non-hydrogen) atoms. The molecule has 8 rings (SSSR count). The molecule has 0 aromatic heterocycles. The number of hydrogen-bond donors (Lipinski definition) is 2. The minimum atomic E-state index is -0.797. The number of carbonyl (C=O) groups is 1. The van der Waals surface area contributed by atoms with Crippen molar-refractivity contribution in [2.75, 3.05) is 13.2 Å². The number of aliphatic hydroxyl groups is 2. The minimum Gasteiger partial charge on any atom is -0.390 e. The van der Waals surface area contributed by atoms with E-state index in [4.69, 9.17) is 4.74 Å². The van der Waals surface area contributed by atoms with E-state index in [-0.39, 0.29) is 34.9 Å². The molecule has 2 spiro atoms. The summed E-state index contributed by atoms with van der Waals surface area (Å²) in [6.07, 6.45) is 5.81. The fraction of sp³-hybridized carbons (Fsp3) is 0.955. The Labute approximate surface area is 160 Å². The predicted molar refractivity (Wildman–Crippen MR) is 96.6 cm³/mol. The number of ether oxygens (including phenoxy) is 1. The van der Waals surface area contributed by atoms with E-state index in [0.717, 1.165) is 38.8 Å². The van der Waals surface area contributed by atoms with Crippen molar-refractivity contribution >= 4 is 5.78 Å². The SMILES string of the molecule is C[C@]12CCC[C@@]34[C@@H]([C@@H]5C[C@@H]6C[C@@]3(O)[C@@]5(CC(=O)[C@@H]14)C[C@]6(C)O)N1CCO[C@@H]12. The van der Waals surface area contributed by atoms with Crippen molar-refractivity contribution in [1.82, 2.24) is 4.90 Å². The summed E-state index contributed by atoms with van der Waals surface area (Å²) in [7, 11) is 0. The molecule has 2 N–H and O–H groups in total. The Bertz CT molecular complexity index is 782. The van der Waals surface area contributed by atoms with Crippen molar-refractivity contribution in [2.24, 2.45) is 34.0 Å². The van der Waals surface area contributed by atoms with Gasteiger partial charge in [-0.25, -0.2) is 0 Å². The van der Waals surface area contributed by atoms with E-state index in [1.807, 2.05) is 6.92 Å². The third-order valence-electron chi connectivity index (χ3n) is 11.0. The zero-order valence-corrected chi connectivity index (χ0v) is 16.4. The zero-order chi connectivity index (χ0) is 18.6. The molecule has 0 aromatic carbocycles. The van der Waals surface area contributed by atoms with Gasteiger partial charge in [0.25, 0.3) is 0 Å². The van der Waals surface area contributed by atoms with Gasteiger partial charge >= 0.3 is 0 Å². The first-order valence-electron chi connectivity index (χ1n) is 11.1. The topological polar surface area (TPSA) is 70.0 Å². The number of fused-ring (bicyclic) bond motifs is 4. The van der Waals surface area contributed by atoms with Crippen LogP contribution in [0.25, 0.3) is 0 Å². The highest BCUT2D eigenvalue weighted by atomic mass is 16.5. The van der Waals surface area contributed by atoms with Crippen LogP contribution in [0.4, 0.5) is 0 Å². The van der Waals surface area contributed by atoms with Crippen LogP contribution in [-0.4, -0.2) is 57.5 Å². The molecule has 6 saturated carbocycles. The van der Waals surface area contributed by atoms with Crippen LogP contribution in [0.5, 0.6) is 0 Å². The fourth-order valence-electron chi connectivity index (χ4n) is 10.6. The molecule has 8 aliphatic rings. The van der Waals surface area contributed by atoms with Gasteiger partial charge in [0.15, 0.2) is 0 Å². The second-order valence-electron chi connectivity index (χ2n) is 11.7. The molecule has 0 radical (unpaired) electrons. The van der Waals surface area contributed by atoms with Crippen molar-refractivity contribution in [3.63, 3.8) is 0 Å². The molecular formula is C22H31NO4. The van der Waals surface area contributed by atoms with Crippen LogP contribution in [0, 0.1) is 34.0 Å². The second-order valence-corrected chi connectivity index (χ2v) is 11.7. The number of Topliss-reactive ketones (excluding diaryl/α,β-unsaturated/α-hetero) is 1. The number of carbonyl (C=O) groups excluding carboxylic acids is 1. The average molecular weight is 373 g/mol. The molecule has 6 bridgehead atoms. The third kappa shape index (κ3) is 1.32. The van der Waals surface area contributed by atoms with Gasteiger partial charge in [-0.3, -0.25) is 9.69 Å². The van der Waals surface area contributed by atoms with Crippen LogP contribution in [-0.2, 0) is 9.53 Å². The van der Waals surface area contributed by atoms with E-state index in [1.54, 1.807) is 0 Å². The lowest BCUT2D eigenvalue weighted by Crippen LogP contribution is -2.77. The molecular weight excluding hydrogens is 342 g/mol. The zero-order valence-electron chi connectivity index (χ0n) is 16.4. The molecule has 6 aliphatic carbocycles. The van der Waals surface area contributed by atoms with Gasteiger partial charge in [0.1, 0.15) is 12.0 Å². The Morgan fingerprint density at radius 2 is 2.04 bits per heavy atom. The molecule has 5 heteroatoms. The maximum Gasteiger partial charge on any atom is 0.138 e. The summed E-state index contributed by atoms with van der Waals surface area (Å²) in [6.45, 7) is 5.89. The lowest BCUT2D eigenvalue weighted by atomic mass is 9.36. The van der Waals surface area contributed by atoms with E-state index < -0.39 is 16.6 Å². The molecule has 0 unspecified atom stereocenters. The first kappa shape index (κ1) is 16.3. The van der Waals surface area contributed by atoms with Gasteiger partial charge in [0.05, 0.1) is 17.8 Å². The normalized spacial score (nSPS) is 68.3. The molecule has 148 valence electrons. The molecule has 0 amide bonds. The van der Waals surface area contributed by atoms with Crippen molar-refractivity contribution in [2.45, 2.75) is 82.3 Å².